The maximum atomic E-state index is 12.6. The molecule has 2 aromatic rings. The summed E-state index contributed by atoms with van der Waals surface area (Å²) in [6.07, 6.45) is 4.19. The van der Waals surface area contributed by atoms with Gasteiger partial charge in [0.25, 0.3) is 5.91 Å². The zero-order chi connectivity index (χ0) is 18.1. The number of nitrogens with zero attached hydrogens (tertiary/aromatic N) is 3. The molecule has 1 unspecified atom stereocenters. The summed E-state index contributed by atoms with van der Waals surface area (Å²) in [4.78, 5) is 32.3. The highest BCUT2D eigenvalue weighted by Gasteiger charge is 2.46. The van der Waals surface area contributed by atoms with E-state index < -0.39 is 0 Å². The van der Waals surface area contributed by atoms with Crippen LogP contribution in [0.2, 0.25) is 0 Å². The number of carbonyl (C=O) groups is 2. The molecule has 26 heavy (non-hydrogen) atoms. The van der Waals surface area contributed by atoms with Gasteiger partial charge in [-0.1, -0.05) is 28.1 Å². The van der Waals surface area contributed by atoms with Crippen molar-refractivity contribution in [3.05, 3.63) is 52.6 Å². The van der Waals surface area contributed by atoms with Crippen molar-refractivity contribution in [2.24, 2.45) is 0 Å². The molecule has 4 rings (SSSR count). The normalized spacial score (nSPS) is 19.7. The summed E-state index contributed by atoms with van der Waals surface area (Å²) in [7, 11) is 0. The Kier molecular flexibility index (Phi) is 4.63. The Morgan fingerprint density at radius 1 is 1.12 bits per heavy atom. The standard InChI is InChI=1S/C19H18BrN3O3/c20-14-6-4-13(5-7-14)12-26-17-9-8-15(11-21-17)23-18(24)16-3-1-2-10-22(16)19(23)25/h4-9,11,16H,1-3,10,12H2. The molecule has 1 aromatic carbocycles. The van der Waals surface area contributed by atoms with E-state index in [0.29, 0.717) is 24.7 Å². The molecule has 0 aliphatic carbocycles. The number of fused-ring (bicyclic) bond motifs is 1. The number of ether oxygens (including phenoxy) is 1. The van der Waals surface area contributed by atoms with Crippen molar-refractivity contribution >= 4 is 33.6 Å². The van der Waals surface area contributed by atoms with Crippen molar-refractivity contribution < 1.29 is 14.3 Å². The van der Waals surface area contributed by atoms with Crippen LogP contribution in [0.3, 0.4) is 0 Å². The molecule has 1 atom stereocenters. The Morgan fingerprint density at radius 3 is 2.62 bits per heavy atom. The summed E-state index contributed by atoms with van der Waals surface area (Å²) in [6.45, 7) is 1.05. The number of amides is 3. The minimum absolute atomic E-state index is 0.153. The minimum atomic E-state index is -0.315. The molecule has 2 fully saturated rings. The molecular formula is C19H18BrN3O3. The van der Waals surface area contributed by atoms with Crippen molar-refractivity contribution in [2.45, 2.75) is 31.9 Å². The van der Waals surface area contributed by atoms with Crippen molar-refractivity contribution in [2.75, 3.05) is 11.4 Å². The lowest BCUT2D eigenvalue weighted by Crippen LogP contribution is -2.39. The van der Waals surface area contributed by atoms with Crippen molar-refractivity contribution in [3.8, 4) is 5.88 Å². The van der Waals surface area contributed by atoms with E-state index in [1.807, 2.05) is 24.3 Å². The van der Waals surface area contributed by atoms with Gasteiger partial charge in [0.15, 0.2) is 0 Å². The van der Waals surface area contributed by atoms with E-state index in [4.69, 9.17) is 4.74 Å². The predicted molar refractivity (Wildman–Crippen MR) is 99.9 cm³/mol. The third-order valence-corrected chi connectivity index (χ3v) is 5.25. The highest BCUT2D eigenvalue weighted by molar-refractivity contribution is 9.10. The highest BCUT2D eigenvalue weighted by atomic mass is 79.9. The number of aromatic nitrogens is 1. The molecule has 0 radical (unpaired) electrons. The maximum absolute atomic E-state index is 12.6. The number of carbonyl (C=O) groups excluding carboxylic acids is 2. The van der Waals surface area contributed by atoms with E-state index in [-0.39, 0.29) is 18.0 Å². The Labute approximate surface area is 159 Å². The Balaban J connectivity index is 1.45. The van der Waals surface area contributed by atoms with Crippen molar-refractivity contribution in [1.82, 2.24) is 9.88 Å². The largest absolute Gasteiger partial charge is 0.473 e. The molecule has 6 nitrogen and oxygen atoms in total. The number of pyridine rings is 1. The fraction of sp³-hybridized carbons (Fsp3) is 0.316. The molecule has 2 saturated heterocycles. The van der Waals surface area contributed by atoms with Gasteiger partial charge in [0.1, 0.15) is 12.6 Å². The van der Waals surface area contributed by atoms with Gasteiger partial charge in [-0.15, -0.1) is 0 Å². The van der Waals surface area contributed by atoms with Gasteiger partial charge in [0, 0.05) is 17.1 Å². The van der Waals surface area contributed by atoms with Gasteiger partial charge in [0.05, 0.1) is 11.9 Å². The quantitative estimate of drug-likeness (QED) is 0.713. The Morgan fingerprint density at radius 2 is 1.92 bits per heavy atom. The third kappa shape index (κ3) is 3.19. The van der Waals surface area contributed by atoms with Crippen LogP contribution in [0.15, 0.2) is 47.1 Å². The van der Waals surface area contributed by atoms with E-state index in [9.17, 15) is 9.59 Å². The summed E-state index contributed by atoms with van der Waals surface area (Å²) in [5.41, 5.74) is 1.52. The molecule has 0 saturated carbocycles. The Bertz CT molecular complexity index is 799. The van der Waals surface area contributed by atoms with E-state index in [1.54, 1.807) is 17.0 Å². The van der Waals surface area contributed by atoms with Crippen LogP contribution in [0.4, 0.5) is 10.5 Å². The second kappa shape index (κ2) is 7.07. The van der Waals surface area contributed by atoms with Gasteiger partial charge < -0.3 is 9.64 Å². The summed E-state index contributed by atoms with van der Waals surface area (Å²) >= 11 is 3.40. The smallest absolute Gasteiger partial charge is 0.332 e. The number of piperidine rings is 1. The van der Waals surface area contributed by atoms with Gasteiger partial charge in [-0.3, -0.25) is 4.79 Å². The SMILES string of the molecule is O=C1C2CCCCN2C(=O)N1c1ccc(OCc2ccc(Br)cc2)nc1. The summed E-state index contributed by atoms with van der Waals surface area (Å²) in [5.74, 6) is 0.300. The first-order valence-electron chi connectivity index (χ1n) is 8.61. The first-order chi connectivity index (χ1) is 12.6. The van der Waals surface area contributed by atoms with E-state index in [1.165, 1.54) is 11.1 Å². The molecule has 3 amide bonds. The number of urea groups is 1. The van der Waals surface area contributed by atoms with Crippen LogP contribution >= 0.6 is 15.9 Å². The average molecular weight is 416 g/mol. The zero-order valence-corrected chi connectivity index (χ0v) is 15.7. The van der Waals surface area contributed by atoms with Gasteiger partial charge in [-0.2, -0.15) is 0 Å². The lowest BCUT2D eigenvalue weighted by molar-refractivity contribution is -0.120. The lowest BCUT2D eigenvalue weighted by Gasteiger charge is -2.25. The molecule has 0 N–H and O–H groups in total. The van der Waals surface area contributed by atoms with Crippen molar-refractivity contribution in [1.29, 1.82) is 0 Å². The number of hydrogen-bond acceptors (Lipinski definition) is 4. The third-order valence-electron chi connectivity index (χ3n) is 4.72. The van der Waals surface area contributed by atoms with E-state index in [2.05, 4.69) is 20.9 Å². The summed E-state index contributed by atoms with van der Waals surface area (Å²) < 4.78 is 6.69. The lowest BCUT2D eigenvalue weighted by atomic mass is 10.0. The monoisotopic (exact) mass is 415 g/mol. The second-order valence-corrected chi connectivity index (χ2v) is 7.35. The predicted octanol–water partition coefficient (Wildman–Crippen LogP) is 3.74. The van der Waals surface area contributed by atoms with Gasteiger partial charge in [-0.05, 0) is 43.0 Å². The van der Waals surface area contributed by atoms with Crippen LogP contribution in [0, 0.1) is 0 Å². The molecule has 134 valence electrons. The van der Waals surface area contributed by atoms with E-state index in [0.717, 1.165) is 29.3 Å². The van der Waals surface area contributed by atoms with Crippen LogP contribution in [0.1, 0.15) is 24.8 Å². The fourth-order valence-corrected chi connectivity index (χ4v) is 3.62. The molecule has 1 aromatic heterocycles. The van der Waals surface area contributed by atoms with Gasteiger partial charge in [0.2, 0.25) is 5.88 Å². The van der Waals surface area contributed by atoms with Gasteiger partial charge in [-0.25, -0.2) is 14.7 Å². The maximum Gasteiger partial charge on any atom is 0.332 e. The zero-order valence-electron chi connectivity index (χ0n) is 14.1. The molecule has 7 heteroatoms. The van der Waals surface area contributed by atoms with Crippen LogP contribution in [-0.4, -0.2) is 34.4 Å². The number of hydrogen-bond donors (Lipinski definition) is 0. The molecular weight excluding hydrogens is 398 g/mol. The van der Waals surface area contributed by atoms with Crippen molar-refractivity contribution in [3.63, 3.8) is 0 Å². The summed E-state index contributed by atoms with van der Waals surface area (Å²) in [6, 6.07) is 10.7. The summed E-state index contributed by atoms with van der Waals surface area (Å²) in [5, 5.41) is 0. The first kappa shape index (κ1) is 17.0. The van der Waals surface area contributed by atoms with Crippen LogP contribution in [-0.2, 0) is 11.4 Å². The Hall–Kier alpha value is -2.41. The number of halogens is 1. The minimum Gasteiger partial charge on any atom is -0.473 e. The second-order valence-electron chi connectivity index (χ2n) is 6.43. The van der Waals surface area contributed by atoms with Gasteiger partial charge >= 0.3 is 6.03 Å². The molecule has 3 heterocycles. The topological polar surface area (TPSA) is 62.7 Å². The van der Waals surface area contributed by atoms with Crippen LogP contribution in [0.25, 0.3) is 0 Å². The number of rotatable bonds is 4. The number of imide groups is 1. The first-order valence-corrected chi connectivity index (χ1v) is 9.40. The van der Waals surface area contributed by atoms with E-state index >= 15 is 0 Å². The fourth-order valence-electron chi connectivity index (χ4n) is 3.35. The molecule has 0 bridgehead atoms. The van der Waals surface area contributed by atoms with Crippen LogP contribution in [0.5, 0.6) is 5.88 Å². The van der Waals surface area contributed by atoms with Crippen LogP contribution < -0.4 is 9.64 Å². The molecule has 0 spiro atoms. The molecule has 2 aliphatic rings. The average Bonchev–Trinajstić information content (AvgIpc) is 2.93. The molecule has 2 aliphatic heterocycles. The number of anilines is 1. The number of benzene rings is 1. The highest BCUT2D eigenvalue weighted by Crippen LogP contribution is 2.30.